The van der Waals surface area contributed by atoms with Crippen molar-refractivity contribution in [2.75, 3.05) is 0 Å². The van der Waals surface area contributed by atoms with Gasteiger partial charge in [0, 0.05) is 9.98 Å². The zero-order valence-electron chi connectivity index (χ0n) is 8.86. The minimum Gasteiger partial charge on any atom is -0.390 e. The number of aromatic nitrogens is 3. The molecular weight excluding hydrogens is 244 g/mol. The third-order valence-electron chi connectivity index (χ3n) is 2.01. The van der Waals surface area contributed by atoms with Crippen LogP contribution in [0.1, 0.15) is 14.5 Å². The molecule has 0 radical (unpaired) electrons. The van der Waals surface area contributed by atoms with Crippen molar-refractivity contribution in [3.8, 4) is 0 Å². The Morgan fingerprint density at radius 3 is 2.88 bits per heavy atom. The van der Waals surface area contributed by atoms with E-state index in [1.165, 1.54) is 17.7 Å². The molecule has 0 aliphatic carbocycles. The predicted molar refractivity (Wildman–Crippen MR) is 60.1 cm³/mol. The van der Waals surface area contributed by atoms with Gasteiger partial charge in [0.25, 0.3) is 0 Å². The highest BCUT2D eigenvalue weighted by molar-refractivity contribution is 7.14. The molecule has 0 spiro atoms. The zero-order chi connectivity index (χ0) is 12.4. The number of carbonyl (C=O) groups is 1. The summed E-state index contributed by atoms with van der Waals surface area (Å²) in [4.78, 5) is 26.5. The molecule has 0 amide bonds. The van der Waals surface area contributed by atoms with Gasteiger partial charge in [-0.2, -0.15) is 4.68 Å². The molecule has 7 nitrogen and oxygen atoms in total. The second kappa shape index (κ2) is 4.42. The van der Waals surface area contributed by atoms with E-state index >= 15 is 0 Å². The van der Waals surface area contributed by atoms with Crippen molar-refractivity contribution in [2.45, 2.75) is 13.5 Å². The normalized spacial score (nSPS) is 10.4. The van der Waals surface area contributed by atoms with E-state index in [9.17, 15) is 14.9 Å². The lowest BCUT2D eigenvalue weighted by Crippen LogP contribution is -2.09. The Kier molecular flexibility index (Phi) is 2.96. The smallest absolute Gasteiger partial charge is 0.390 e. The Balaban J connectivity index is 2.10. The molecule has 17 heavy (non-hydrogen) atoms. The molecule has 0 atom stereocenters. The van der Waals surface area contributed by atoms with Gasteiger partial charge in [0.1, 0.15) is 6.54 Å². The Hall–Kier alpha value is -2.09. The molecule has 0 fully saturated rings. The van der Waals surface area contributed by atoms with Crippen molar-refractivity contribution in [2.24, 2.45) is 0 Å². The maximum absolute atomic E-state index is 11.8. The van der Waals surface area contributed by atoms with Gasteiger partial charge >= 0.3 is 5.95 Å². The number of carbonyl (C=O) groups excluding carboxylic acids is 1. The standard InChI is InChI=1S/C9H8N4O3S/c1-6-2-3-8(17-6)7(14)4-12-5-10-9(11-12)13(15)16/h2-3,5H,4H2,1H3. The van der Waals surface area contributed by atoms with Gasteiger partial charge in [-0.3, -0.25) is 4.79 Å². The van der Waals surface area contributed by atoms with E-state index in [4.69, 9.17) is 0 Å². The number of hydrogen-bond acceptors (Lipinski definition) is 6. The van der Waals surface area contributed by atoms with Gasteiger partial charge in [-0.1, -0.05) is 4.98 Å². The Bertz CT molecular complexity index is 574. The van der Waals surface area contributed by atoms with Gasteiger partial charge in [-0.25, -0.2) is 0 Å². The average Bonchev–Trinajstić information content (AvgIpc) is 2.86. The highest BCUT2D eigenvalue weighted by Gasteiger charge is 2.16. The Morgan fingerprint density at radius 1 is 1.59 bits per heavy atom. The van der Waals surface area contributed by atoms with Crippen LogP contribution in [-0.4, -0.2) is 25.5 Å². The number of thiophene rings is 1. The van der Waals surface area contributed by atoms with E-state index in [2.05, 4.69) is 10.1 Å². The Morgan fingerprint density at radius 2 is 2.35 bits per heavy atom. The van der Waals surface area contributed by atoms with E-state index in [0.717, 1.165) is 9.56 Å². The molecule has 0 aromatic carbocycles. The SMILES string of the molecule is Cc1ccc(C(=O)Cn2cnc([N+](=O)[O-])n2)s1. The number of nitro groups is 1. The molecule has 2 aromatic rings. The maximum atomic E-state index is 11.8. The number of rotatable bonds is 4. The van der Waals surface area contributed by atoms with E-state index in [-0.39, 0.29) is 12.3 Å². The summed E-state index contributed by atoms with van der Waals surface area (Å²) >= 11 is 1.38. The monoisotopic (exact) mass is 252 g/mol. The number of hydrogen-bond donors (Lipinski definition) is 0. The molecule has 88 valence electrons. The topological polar surface area (TPSA) is 90.9 Å². The predicted octanol–water partition coefficient (Wildman–Crippen LogP) is 1.44. The van der Waals surface area contributed by atoms with Gasteiger partial charge < -0.3 is 10.1 Å². The first-order valence-corrected chi connectivity index (χ1v) is 5.51. The molecule has 2 aromatic heterocycles. The second-order valence-electron chi connectivity index (χ2n) is 3.33. The average molecular weight is 252 g/mol. The molecule has 0 aliphatic rings. The maximum Gasteiger partial charge on any atom is 0.490 e. The minimum atomic E-state index is -0.698. The first-order chi connectivity index (χ1) is 8.06. The van der Waals surface area contributed by atoms with Gasteiger partial charge in [-0.15, -0.1) is 11.3 Å². The van der Waals surface area contributed by atoms with Gasteiger partial charge in [0.05, 0.1) is 4.88 Å². The summed E-state index contributed by atoms with van der Waals surface area (Å²) < 4.78 is 1.16. The van der Waals surface area contributed by atoms with E-state index < -0.39 is 10.9 Å². The van der Waals surface area contributed by atoms with E-state index in [0.29, 0.717) is 4.88 Å². The van der Waals surface area contributed by atoms with Gasteiger partial charge in [0.15, 0.2) is 5.78 Å². The lowest BCUT2D eigenvalue weighted by atomic mass is 10.3. The third kappa shape index (κ3) is 2.53. The lowest BCUT2D eigenvalue weighted by Gasteiger charge is -1.93. The molecule has 0 N–H and O–H groups in total. The van der Waals surface area contributed by atoms with Crippen molar-refractivity contribution in [3.63, 3.8) is 0 Å². The molecule has 2 heterocycles. The molecule has 0 aliphatic heterocycles. The first-order valence-electron chi connectivity index (χ1n) is 4.70. The summed E-state index contributed by atoms with van der Waals surface area (Å²) in [6, 6.07) is 3.58. The fourth-order valence-electron chi connectivity index (χ4n) is 1.25. The van der Waals surface area contributed by atoms with Crippen LogP contribution >= 0.6 is 11.3 Å². The Labute approximate surface area is 99.9 Å². The molecular formula is C9H8N4O3S. The van der Waals surface area contributed by atoms with Crippen LogP contribution in [0, 0.1) is 17.0 Å². The molecule has 0 saturated heterocycles. The van der Waals surface area contributed by atoms with E-state index in [1.54, 1.807) is 6.07 Å². The molecule has 0 unspecified atom stereocenters. The molecule has 8 heteroatoms. The lowest BCUT2D eigenvalue weighted by molar-refractivity contribution is -0.394. The number of Topliss-reactive ketones (excluding diaryl/α,β-unsaturated/α-hetero) is 1. The van der Waals surface area contributed by atoms with Crippen molar-refractivity contribution in [1.29, 1.82) is 0 Å². The van der Waals surface area contributed by atoms with Crippen LogP contribution in [0.3, 0.4) is 0 Å². The van der Waals surface area contributed by atoms with Gasteiger partial charge in [0.2, 0.25) is 6.33 Å². The van der Waals surface area contributed by atoms with Crippen LogP contribution in [0.4, 0.5) is 5.95 Å². The number of ketones is 1. The highest BCUT2D eigenvalue weighted by Crippen LogP contribution is 2.16. The number of aryl methyl sites for hydroxylation is 1. The summed E-state index contributed by atoms with van der Waals surface area (Å²) in [6.07, 6.45) is 1.18. The fourth-order valence-corrected chi connectivity index (χ4v) is 2.05. The number of nitrogens with zero attached hydrogens (tertiary/aromatic N) is 4. The summed E-state index contributed by atoms with van der Waals surface area (Å²) in [6.45, 7) is 1.86. The third-order valence-corrected chi connectivity index (χ3v) is 3.05. The van der Waals surface area contributed by atoms with Gasteiger partial charge in [-0.05, 0) is 24.0 Å². The van der Waals surface area contributed by atoms with Crippen LogP contribution in [0.25, 0.3) is 0 Å². The molecule has 2 rings (SSSR count). The van der Waals surface area contributed by atoms with Crippen LogP contribution in [0.2, 0.25) is 0 Å². The zero-order valence-corrected chi connectivity index (χ0v) is 9.68. The van der Waals surface area contributed by atoms with Crippen LogP contribution < -0.4 is 0 Å². The van der Waals surface area contributed by atoms with Crippen molar-refractivity contribution < 1.29 is 9.72 Å². The van der Waals surface area contributed by atoms with Crippen molar-refractivity contribution >= 4 is 23.1 Å². The quantitative estimate of drug-likeness (QED) is 0.466. The minimum absolute atomic E-state index is 0.0409. The van der Waals surface area contributed by atoms with Crippen molar-refractivity contribution in [3.05, 3.63) is 38.3 Å². The fraction of sp³-hybridized carbons (Fsp3) is 0.222. The van der Waals surface area contributed by atoms with Crippen LogP contribution in [0.5, 0.6) is 0 Å². The molecule has 0 bridgehead atoms. The second-order valence-corrected chi connectivity index (χ2v) is 4.62. The first kappa shape index (κ1) is 11.4. The van der Waals surface area contributed by atoms with Crippen molar-refractivity contribution in [1.82, 2.24) is 14.8 Å². The van der Waals surface area contributed by atoms with Crippen LogP contribution in [0.15, 0.2) is 18.5 Å². The summed E-state index contributed by atoms with van der Waals surface area (Å²) in [5, 5.41) is 13.9. The summed E-state index contributed by atoms with van der Waals surface area (Å²) in [5.74, 6) is -0.636. The summed E-state index contributed by atoms with van der Waals surface area (Å²) in [7, 11) is 0. The van der Waals surface area contributed by atoms with Crippen LogP contribution in [-0.2, 0) is 6.54 Å². The van der Waals surface area contributed by atoms with E-state index in [1.807, 2.05) is 13.0 Å². The summed E-state index contributed by atoms with van der Waals surface area (Å²) in [5.41, 5.74) is 0. The molecule has 0 saturated carbocycles. The largest absolute Gasteiger partial charge is 0.490 e. The highest BCUT2D eigenvalue weighted by atomic mass is 32.1.